The Morgan fingerprint density at radius 1 is 1.33 bits per heavy atom. The van der Waals surface area contributed by atoms with E-state index in [0.717, 1.165) is 24.4 Å². The van der Waals surface area contributed by atoms with E-state index < -0.39 is 0 Å². The number of rotatable bonds is 4. The van der Waals surface area contributed by atoms with Gasteiger partial charge in [0.25, 0.3) is 0 Å². The van der Waals surface area contributed by atoms with Crippen LogP contribution in [0.4, 0.5) is 0 Å². The van der Waals surface area contributed by atoms with Crippen molar-refractivity contribution < 1.29 is 0 Å². The van der Waals surface area contributed by atoms with Crippen molar-refractivity contribution in [1.29, 1.82) is 0 Å². The maximum absolute atomic E-state index is 5.36. The lowest BCUT2D eigenvalue weighted by Gasteiger charge is -2.13. The SMILES string of the molecule is CCCc1ccccc1-n1c(C(C)C)n[nH]c1=S. The third-order valence-electron chi connectivity index (χ3n) is 2.97. The number of nitrogens with zero attached hydrogens (tertiary/aromatic N) is 2. The Bertz CT molecular complexity index is 581. The topological polar surface area (TPSA) is 33.6 Å². The summed E-state index contributed by atoms with van der Waals surface area (Å²) >= 11 is 5.36. The van der Waals surface area contributed by atoms with Crippen LogP contribution in [0.1, 0.15) is 44.5 Å². The van der Waals surface area contributed by atoms with Crippen LogP contribution in [0.5, 0.6) is 0 Å². The minimum absolute atomic E-state index is 0.340. The van der Waals surface area contributed by atoms with Crippen molar-refractivity contribution in [1.82, 2.24) is 14.8 Å². The van der Waals surface area contributed by atoms with Crippen LogP contribution in [0.25, 0.3) is 5.69 Å². The summed E-state index contributed by atoms with van der Waals surface area (Å²) in [6.45, 7) is 6.45. The summed E-state index contributed by atoms with van der Waals surface area (Å²) in [6, 6.07) is 8.40. The minimum atomic E-state index is 0.340. The van der Waals surface area contributed by atoms with Gasteiger partial charge in [-0.25, -0.2) is 0 Å². The highest BCUT2D eigenvalue weighted by molar-refractivity contribution is 7.71. The first-order valence-electron chi connectivity index (χ1n) is 6.40. The molecule has 0 radical (unpaired) electrons. The lowest BCUT2D eigenvalue weighted by molar-refractivity contribution is 0.739. The van der Waals surface area contributed by atoms with Gasteiger partial charge in [-0.3, -0.25) is 9.67 Å². The van der Waals surface area contributed by atoms with Gasteiger partial charge in [0, 0.05) is 5.92 Å². The smallest absolute Gasteiger partial charge is 0.199 e. The molecule has 0 aliphatic heterocycles. The molecule has 0 saturated carbocycles. The summed E-state index contributed by atoms with van der Waals surface area (Å²) < 4.78 is 2.73. The molecule has 0 amide bonds. The number of hydrogen-bond donors (Lipinski definition) is 1. The normalized spacial score (nSPS) is 11.1. The van der Waals surface area contributed by atoms with Gasteiger partial charge in [0.05, 0.1) is 5.69 Å². The van der Waals surface area contributed by atoms with Gasteiger partial charge in [-0.2, -0.15) is 5.10 Å². The van der Waals surface area contributed by atoms with E-state index in [-0.39, 0.29) is 0 Å². The van der Waals surface area contributed by atoms with E-state index in [1.54, 1.807) is 0 Å². The Morgan fingerprint density at radius 2 is 2.06 bits per heavy atom. The predicted molar refractivity (Wildman–Crippen MR) is 76.8 cm³/mol. The van der Waals surface area contributed by atoms with E-state index >= 15 is 0 Å². The third kappa shape index (κ3) is 2.38. The number of aromatic nitrogens is 3. The first-order chi connectivity index (χ1) is 8.65. The second-order valence-electron chi connectivity index (χ2n) is 4.76. The molecule has 1 aromatic carbocycles. The molecular formula is C14H19N3S. The molecule has 0 bridgehead atoms. The van der Waals surface area contributed by atoms with Crippen LogP contribution >= 0.6 is 12.2 Å². The van der Waals surface area contributed by atoms with E-state index in [0.29, 0.717) is 10.7 Å². The molecule has 0 unspecified atom stereocenters. The average Bonchev–Trinajstić information content (AvgIpc) is 2.72. The maximum atomic E-state index is 5.36. The Labute approximate surface area is 113 Å². The maximum Gasteiger partial charge on any atom is 0.199 e. The monoisotopic (exact) mass is 261 g/mol. The number of para-hydroxylation sites is 1. The third-order valence-corrected chi connectivity index (χ3v) is 3.24. The van der Waals surface area contributed by atoms with Crippen molar-refractivity contribution >= 4 is 12.2 Å². The van der Waals surface area contributed by atoms with E-state index in [4.69, 9.17) is 12.2 Å². The average molecular weight is 261 g/mol. The summed E-state index contributed by atoms with van der Waals surface area (Å²) in [5, 5.41) is 7.24. The van der Waals surface area contributed by atoms with Gasteiger partial charge >= 0.3 is 0 Å². The molecule has 18 heavy (non-hydrogen) atoms. The van der Waals surface area contributed by atoms with Crippen LogP contribution in [0.2, 0.25) is 0 Å². The molecule has 0 fully saturated rings. The van der Waals surface area contributed by atoms with Crippen molar-refractivity contribution in [2.24, 2.45) is 0 Å². The molecule has 0 saturated heterocycles. The molecule has 1 heterocycles. The van der Waals surface area contributed by atoms with E-state index in [1.807, 2.05) is 6.07 Å². The predicted octanol–water partition coefficient (Wildman–Crippen LogP) is 4.01. The number of H-pyrrole nitrogens is 1. The highest BCUT2D eigenvalue weighted by Crippen LogP contribution is 2.21. The summed E-state index contributed by atoms with van der Waals surface area (Å²) in [6.07, 6.45) is 2.18. The van der Waals surface area contributed by atoms with Crippen molar-refractivity contribution in [3.63, 3.8) is 0 Å². The fourth-order valence-electron chi connectivity index (χ4n) is 2.14. The zero-order valence-corrected chi connectivity index (χ0v) is 11.9. The molecule has 0 spiro atoms. The molecule has 4 heteroatoms. The zero-order chi connectivity index (χ0) is 13.1. The molecule has 1 N–H and O–H groups in total. The molecule has 0 aliphatic rings. The highest BCUT2D eigenvalue weighted by Gasteiger charge is 2.13. The number of aryl methyl sites for hydroxylation is 1. The molecule has 96 valence electrons. The second-order valence-corrected chi connectivity index (χ2v) is 5.14. The van der Waals surface area contributed by atoms with Gasteiger partial charge in [-0.1, -0.05) is 45.4 Å². The largest absolute Gasteiger partial charge is 0.272 e. The van der Waals surface area contributed by atoms with Crippen LogP contribution in [0.15, 0.2) is 24.3 Å². The van der Waals surface area contributed by atoms with Gasteiger partial charge < -0.3 is 0 Å². The second kappa shape index (κ2) is 5.48. The summed E-state index contributed by atoms with van der Waals surface area (Å²) in [7, 11) is 0. The van der Waals surface area contributed by atoms with Crippen molar-refractivity contribution in [3.05, 3.63) is 40.4 Å². The van der Waals surface area contributed by atoms with Crippen LogP contribution in [-0.2, 0) is 6.42 Å². The van der Waals surface area contributed by atoms with Gasteiger partial charge in [0.2, 0.25) is 0 Å². The molecule has 3 nitrogen and oxygen atoms in total. The summed E-state index contributed by atoms with van der Waals surface area (Å²) in [4.78, 5) is 0. The molecule has 2 rings (SSSR count). The van der Waals surface area contributed by atoms with Gasteiger partial charge in [0.1, 0.15) is 5.82 Å². The number of benzene rings is 1. The van der Waals surface area contributed by atoms with Crippen molar-refractivity contribution in [2.75, 3.05) is 0 Å². The minimum Gasteiger partial charge on any atom is -0.272 e. The van der Waals surface area contributed by atoms with E-state index in [1.165, 1.54) is 5.56 Å². The Kier molecular flexibility index (Phi) is 3.97. The Hall–Kier alpha value is -1.42. The Balaban J connectivity index is 2.61. The fraction of sp³-hybridized carbons (Fsp3) is 0.429. The van der Waals surface area contributed by atoms with Crippen LogP contribution in [0.3, 0.4) is 0 Å². The summed E-state index contributed by atoms with van der Waals surface area (Å²) in [5.41, 5.74) is 2.47. The molecular weight excluding hydrogens is 242 g/mol. The highest BCUT2D eigenvalue weighted by atomic mass is 32.1. The molecule has 1 aromatic heterocycles. The molecule has 2 aromatic rings. The fourth-order valence-corrected chi connectivity index (χ4v) is 2.38. The van der Waals surface area contributed by atoms with E-state index in [2.05, 4.69) is 53.7 Å². The van der Waals surface area contributed by atoms with Crippen molar-refractivity contribution in [2.45, 2.75) is 39.5 Å². The lowest BCUT2D eigenvalue weighted by atomic mass is 10.1. The molecule has 0 atom stereocenters. The van der Waals surface area contributed by atoms with Gasteiger partial charge in [0.15, 0.2) is 4.77 Å². The van der Waals surface area contributed by atoms with Crippen LogP contribution < -0.4 is 0 Å². The van der Waals surface area contributed by atoms with Crippen molar-refractivity contribution in [3.8, 4) is 5.69 Å². The quantitative estimate of drug-likeness (QED) is 0.844. The standard InChI is InChI=1S/C14H19N3S/c1-4-7-11-8-5-6-9-12(11)17-13(10(2)3)15-16-14(17)18/h5-6,8-10H,4,7H2,1-3H3,(H,16,18). The first kappa shape index (κ1) is 13.0. The molecule has 0 aliphatic carbocycles. The van der Waals surface area contributed by atoms with Gasteiger partial charge in [-0.15, -0.1) is 0 Å². The number of hydrogen-bond acceptors (Lipinski definition) is 2. The van der Waals surface area contributed by atoms with Gasteiger partial charge in [-0.05, 0) is 30.3 Å². The van der Waals surface area contributed by atoms with Crippen LogP contribution in [0, 0.1) is 4.77 Å². The summed E-state index contributed by atoms with van der Waals surface area (Å²) in [5.74, 6) is 1.33. The number of nitrogens with one attached hydrogen (secondary N) is 1. The van der Waals surface area contributed by atoms with Crippen LogP contribution in [-0.4, -0.2) is 14.8 Å². The first-order valence-corrected chi connectivity index (χ1v) is 6.81. The van der Waals surface area contributed by atoms with E-state index in [9.17, 15) is 0 Å². The zero-order valence-electron chi connectivity index (χ0n) is 11.1. The number of aromatic amines is 1. The Morgan fingerprint density at radius 3 is 2.72 bits per heavy atom. The lowest BCUT2D eigenvalue weighted by Crippen LogP contribution is -2.06.